The number of benzene rings is 1. The van der Waals surface area contributed by atoms with E-state index in [0.29, 0.717) is 5.92 Å². The van der Waals surface area contributed by atoms with Crippen molar-refractivity contribution >= 4 is 5.97 Å². The number of aliphatic carboxylic acids is 1. The summed E-state index contributed by atoms with van der Waals surface area (Å²) in [5, 5.41) is 12.8. The van der Waals surface area contributed by atoms with E-state index in [-0.39, 0.29) is 12.0 Å². The molecule has 1 aromatic rings. The summed E-state index contributed by atoms with van der Waals surface area (Å²) >= 11 is 0. The van der Waals surface area contributed by atoms with Gasteiger partial charge < -0.3 is 10.4 Å². The minimum Gasteiger partial charge on any atom is -0.481 e. The molecule has 2 rings (SSSR count). The highest BCUT2D eigenvalue weighted by atomic mass is 16.4. The number of nitrogens with one attached hydrogen (secondary N) is 1. The van der Waals surface area contributed by atoms with Gasteiger partial charge in [0.15, 0.2) is 0 Å². The fourth-order valence-electron chi connectivity index (χ4n) is 3.17. The second-order valence-electron chi connectivity index (χ2n) is 5.61. The molecule has 2 atom stereocenters. The zero-order chi connectivity index (χ0) is 13.9. The Morgan fingerprint density at radius 3 is 2.89 bits per heavy atom. The Morgan fingerprint density at radius 1 is 1.47 bits per heavy atom. The molecule has 1 aromatic carbocycles. The van der Waals surface area contributed by atoms with Crippen molar-refractivity contribution in [2.45, 2.75) is 51.0 Å². The molecule has 3 nitrogen and oxygen atoms in total. The number of carboxylic acid groups (broad SMARTS) is 1. The second-order valence-corrected chi connectivity index (χ2v) is 5.61. The second kappa shape index (κ2) is 5.74. The Bertz CT molecular complexity index is 458. The van der Waals surface area contributed by atoms with Gasteiger partial charge in [0.25, 0.3) is 0 Å². The van der Waals surface area contributed by atoms with Crippen molar-refractivity contribution in [3.8, 4) is 0 Å². The quantitative estimate of drug-likeness (QED) is 0.855. The molecule has 0 saturated heterocycles. The molecule has 1 aliphatic carbocycles. The van der Waals surface area contributed by atoms with Crippen molar-refractivity contribution in [2.24, 2.45) is 0 Å². The van der Waals surface area contributed by atoms with Gasteiger partial charge in [-0.1, -0.05) is 38.1 Å². The molecule has 0 aromatic heterocycles. The van der Waals surface area contributed by atoms with Crippen molar-refractivity contribution in [1.82, 2.24) is 5.32 Å². The van der Waals surface area contributed by atoms with E-state index in [2.05, 4.69) is 31.3 Å². The average Bonchev–Trinajstić information content (AvgIpc) is 2.40. The highest BCUT2D eigenvalue weighted by Crippen LogP contribution is 2.43. The van der Waals surface area contributed by atoms with Crippen LogP contribution in [0.5, 0.6) is 0 Å². The van der Waals surface area contributed by atoms with Gasteiger partial charge in [0.05, 0.1) is 12.0 Å². The van der Waals surface area contributed by atoms with Crippen LogP contribution in [0.15, 0.2) is 24.3 Å². The maximum Gasteiger partial charge on any atom is 0.305 e. The first-order valence-electron chi connectivity index (χ1n) is 7.15. The summed E-state index contributed by atoms with van der Waals surface area (Å²) in [4.78, 5) is 11.3. The Balaban J connectivity index is 2.42. The van der Waals surface area contributed by atoms with E-state index >= 15 is 0 Å². The Morgan fingerprint density at radius 2 is 2.21 bits per heavy atom. The minimum atomic E-state index is -0.729. The summed E-state index contributed by atoms with van der Waals surface area (Å²) in [6, 6.07) is 8.30. The largest absolute Gasteiger partial charge is 0.481 e. The molecule has 0 amide bonds. The summed E-state index contributed by atoms with van der Waals surface area (Å²) in [6.45, 7) is 5.19. The molecule has 0 saturated carbocycles. The van der Waals surface area contributed by atoms with Crippen molar-refractivity contribution in [3.05, 3.63) is 35.4 Å². The molecule has 104 valence electrons. The fraction of sp³-hybridized carbons (Fsp3) is 0.562. The van der Waals surface area contributed by atoms with Gasteiger partial charge in [-0.3, -0.25) is 4.79 Å². The molecule has 0 aliphatic heterocycles. The molecule has 0 radical (unpaired) electrons. The van der Waals surface area contributed by atoms with Crippen molar-refractivity contribution in [3.63, 3.8) is 0 Å². The van der Waals surface area contributed by atoms with Crippen LogP contribution in [-0.4, -0.2) is 17.6 Å². The summed E-state index contributed by atoms with van der Waals surface area (Å²) < 4.78 is 0. The zero-order valence-electron chi connectivity index (χ0n) is 11.8. The number of carbonyl (C=O) groups is 1. The first-order chi connectivity index (χ1) is 9.09. The number of carboxylic acids is 1. The van der Waals surface area contributed by atoms with Crippen LogP contribution in [0.2, 0.25) is 0 Å². The Hall–Kier alpha value is -1.35. The number of hydrogen-bond acceptors (Lipinski definition) is 2. The molecule has 3 heteroatoms. The van der Waals surface area contributed by atoms with Crippen molar-refractivity contribution < 1.29 is 9.90 Å². The van der Waals surface area contributed by atoms with Crippen LogP contribution in [0, 0.1) is 0 Å². The molecule has 0 heterocycles. The summed E-state index contributed by atoms with van der Waals surface area (Å²) in [6.07, 6.45) is 3.12. The maximum absolute atomic E-state index is 11.3. The summed E-state index contributed by atoms with van der Waals surface area (Å²) in [5.41, 5.74) is 2.11. The zero-order valence-corrected chi connectivity index (χ0v) is 11.8. The fourth-order valence-corrected chi connectivity index (χ4v) is 3.17. The van der Waals surface area contributed by atoms with Gasteiger partial charge in [-0.2, -0.15) is 0 Å². The number of hydrogen-bond donors (Lipinski definition) is 2. The normalized spacial score (nSPS) is 25.9. The van der Waals surface area contributed by atoms with Crippen LogP contribution in [0.25, 0.3) is 0 Å². The topological polar surface area (TPSA) is 49.3 Å². The van der Waals surface area contributed by atoms with Crippen LogP contribution in [-0.2, 0) is 10.3 Å². The number of rotatable bonds is 5. The first-order valence-corrected chi connectivity index (χ1v) is 7.15. The van der Waals surface area contributed by atoms with Gasteiger partial charge in [-0.05, 0) is 42.9 Å². The van der Waals surface area contributed by atoms with Crippen LogP contribution < -0.4 is 5.32 Å². The lowest BCUT2D eigenvalue weighted by Gasteiger charge is -2.41. The molecule has 1 aliphatic rings. The molecular formula is C16H23NO2. The van der Waals surface area contributed by atoms with E-state index in [1.165, 1.54) is 11.1 Å². The third-order valence-corrected chi connectivity index (χ3v) is 4.18. The molecule has 0 spiro atoms. The van der Waals surface area contributed by atoms with Crippen molar-refractivity contribution in [2.75, 3.05) is 6.54 Å². The van der Waals surface area contributed by atoms with E-state index in [1.54, 1.807) is 0 Å². The molecular weight excluding hydrogens is 238 g/mol. The Kier molecular flexibility index (Phi) is 4.25. The van der Waals surface area contributed by atoms with Crippen LogP contribution in [0.3, 0.4) is 0 Å². The van der Waals surface area contributed by atoms with Crippen LogP contribution in [0.4, 0.5) is 0 Å². The third kappa shape index (κ3) is 2.81. The molecule has 2 N–H and O–H groups in total. The monoisotopic (exact) mass is 261 g/mol. The lowest BCUT2D eigenvalue weighted by molar-refractivity contribution is -0.139. The van der Waals surface area contributed by atoms with E-state index in [0.717, 1.165) is 25.8 Å². The van der Waals surface area contributed by atoms with Gasteiger partial charge in [-0.15, -0.1) is 0 Å². The standard InChI is InChI=1S/C16H23NO2/c1-3-10-17-16(11-15(18)19)9-8-12(2)13-6-4-5-7-14(13)16/h4-7,12,17H,3,8-11H2,1-2H3,(H,18,19). The van der Waals surface area contributed by atoms with E-state index in [9.17, 15) is 9.90 Å². The van der Waals surface area contributed by atoms with E-state index < -0.39 is 5.97 Å². The first kappa shape index (κ1) is 14.1. The van der Waals surface area contributed by atoms with Gasteiger partial charge in [0, 0.05) is 0 Å². The average molecular weight is 261 g/mol. The summed E-state index contributed by atoms with van der Waals surface area (Å²) in [5.74, 6) is -0.213. The van der Waals surface area contributed by atoms with Crippen molar-refractivity contribution in [1.29, 1.82) is 0 Å². The summed E-state index contributed by atoms with van der Waals surface area (Å²) in [7, 11) is 0. The SMILES string of the molecule is CCCNC1(CC(=O)O)CCC(C)c2ccccc21. The number of fused-ring (bicyclic) bond motifs is 1. The molecule has 2 unspecified atom stereocenters. The highest BCUT2D eigenvalue weighted by molar-refractivity contribution is 5.69. The van der Waals surface area contributed by atoms with Crippen LogP contribution in [0.1, 0.15) is 56.6 Å². The smallest absolute Gasteiger partial charge is 0.305 e. The predicted molar refractivity (Wildman–Crippen MR) is 76.3 cm³/mol. The Labute approximate surface area is 115 Å². The van der Waals surface area contributed by atoms with Crippen LogP contribution >= 0.6 is 0 Å². The van der Waals surface area contributed by atoms with E-state index in [4.69, 9.17) is 0 Å². The lowest BCUT2D eigenvalue weighted by Crippen LogP contribution is -2.47. The lowest BCUT2D eigenvalue weighted by atomic mass is 9.70. The molecule has 0 fully saturated rings. The molecule has 0 bridgehead atoms. The predicted octanol–water partition coefficient (Wildman–Crippen LogP) is 3.25. The molecule has 19 heavy (non-hydrogen) atoms. The van der Waals surface area contributed by atoms with Gasteiger partial charge >= 0.3 is 5.97 Å². The van der Waals surface area contributed by atoms with Gasteiger partial charge in [-0.25, -0.2) is 0 Å². The highest BCUT2D eigenvalue weighted by Gasteiger charge is 2.39. The minimum absolute atomic E-state index is 0.163. The van der Waals surface area contributed by atoms with Gasteiger partial charge in [0.1, 0.15) is 0 Å². The van der Waals surface area contributed by atoms with E-state index in [1.807, 2.05) is 12.1 Å². The van der Waals surface area contributed by atoms with Gasteiger partial charge in [0.2, 0.25) is 0 Å². The maximum atomic E-state index is 11.3. The third-order valence-electron chi connectivity index (χ3n) is 4.18.